The Balaban J connectivity index is 1.39. The molecule has 0 radical (unpaired) electrons. The van der Waals surface area contributed by atoms with Crippen LogP contribution in [-0.2, 0) is 26.3 Å². The van der Waals surface area contributed by atoms with Gasteiger partial charge in [0, 0.05) is 12.1 Å². The highest BCUT2D eigenvalue weighted by Gasteiger charge is 2.46. The highest BCUT2D eigenvalue weighted by molar-refractivity contribution is 5.88. The number of ether oxygens (including phenoxy) is 3. The standard InChI is InChI=1S/C23H24FNO5/c1-15(21(26)25-13-16-8-9-19-20(12-16)29-14-28-19)30-22(27)23(10-4-5-11-23)17-6-2-3-7-18(17)24/h2-3,6-9,12,15H,4-5,10-11,13-14H2,1H3,(H,25,26). The van der Waals surface area contributed by atoms with Gasteiger partial charge in [0.1, 0.15) is 5.82 Å². The van der Waals surface area contributed by atoms with Crippen LogP contribution >= 0.6 is 0 Å². The highest BCUT2D eigenvalue weighted by Crippen LogP contribution is 2.43. The third-order valence-corrected chi connectivity index (χ3v) is 5.79. The summed E-state index contributed by atoms with van der Waals surface area (Å²) >= 11 is 0. The molecule has 2 aliphatic rings. The number of hydrogen-bond acceptors (Lipinski definition) is 5. The van der Waals surface area contributed by atoms with Crippen molar-refractivity contribution in [1.29, 1.82) is 0 Å². The van der Waals surface area contributed by atoms with E-state index in [1.54, 1.807) is 30.3 Å². The van der Waals surface area contributed by atoms with Crippen molar-refractivity contribution < 1.29 is 28.2 Å². The van der Waals surface area contributed by atoms with E-state index < -0.39 is 29.2 Å². The molecule has 1 amide bonds. The van der Waals surface area contributed by atoms with Crippen molar-refractivity contribution in [3.8, 4) is 11.5 Å². The Labute approximate surface area is 174 Å². The number of benzene rings is 2. The predicted molar refractivity (Wildman–Crippen MR) is 107 cm³/mol. The van der Waals surface area contributed by atoms with Crippen molar-refractivity contribution in [3.05, 3.63) is 59.4 Å². The summed E-state index contributed by atoms with van der Waals surface area (Å²) < 4.78 is 30.5. The summed E-state index contributed by atoms with van der Waals surface area (Å²) in [5.41, 5.74) is 0.155. The van der Waals surface area contributed by atoms with Gasteiger partial charge in [-0.25, -0.2) is 4.39 Å². The minimum Gasteiger partial charge on any atom is -0.454 e. The number of rotatable bonds is 6. The summed E-state index contributed by atoms with van der Waals surface area (Å²) in [6.45, 7) is 1.97. The van der Waals surface area contributed by atoms with Crippen molar-refractivity contribution in [2.24, 2.45) is 0 Å². The maximum atomic E-state index is 14.4. The lowest BCUT2D eigenvalue weighted by Crippen LogP contribution is -2.42. The lowest BCUT2D eigenvalue weighted by atomic mass is 9.78. The quantitative estimate of drug-likeness (QED) is 0.733. The van der Waals surface area contributed by atoms with Crippen LogP contribution in [0.2, 0.25) is 0 Å². The third kappa shape index (κ3) is 3.84. The molecule has 6 nitrogen and oxygen atoms in total. The second-order valence-electron chi connectivity index (χ2n) is 7.72. The lowest BCUT2D eigenvalue weighted by Gasteiger charge is -2.29. The van der Waals surface area contributed by atoms with Gasteiger partial charge in [-0.05, 0) is 43.5 Å². The largest absolute Gasteiger partial charge is 0.454 e. The molecule has 0 bridgehead atoms. The fourth-order valence-corrected chi connectivity index (χ4v) is 4.12. The van der Waals surface area contributed by atoms with Crippen LogP contribution in [0.25, 0.3) is 0 Å². The summed E-state index contributed by atoms with van der Waals surface area (Å²) in [5.74, 6) is -0.0774. The molecule has 4 rings (SSSR count). The molecule has 1 aliphatic heterocycles. The van der Waals surface area contributed by atoms with E-state index >= 15 is 0 Å². The number of nitrogens with one attached hydrogen (secondary N) is 1. The van der Waals surface area contributed by atoms with Crippen LogP contribution in [-0.4, -0.2) is 24.8 Å². The summed E-state index contributed by atoms with van der Waals surface area (Å²) in [6, 6.07) is 11.7. The van der Waals surface area contributed by atoms with E-state index in [1.807, 2.05) is 6.07 Å². The van der Waals surface area contributed by atoms with Crippen molar-refractivity contribution in [2.75, 3.05) is 6.79 Å². The van der Waals surface area contributed by atoms with Gasteiger partial charge in [-0.3, -0.25) is 9.59 Å². The number of hydrogen-bond donors (Lipinski definition) is 1. The Morgan fingerprint density at radius 3 is 2.63 bits per heavy atom. The van der Waals surface area contributed by atoms with Gasteiger partial charge in [-0.1, -0.05) is 37.1 Å². The van der Waals surface area contributed by atoms with Crippen molar-refractivity contribution in [3.63, 3.8) is 0 Å². The van der Waals surface area contributed by atoms with Gasteiger partial charge in [0.05, 0.1) is 5.41 Å². The summed E-state index contributed by atoms with van der Waals surface area (Å²) in [4.78, 5) is 25.5. The van der Waals surface area contributed by atoms with Gasteiger partial charge in [-0.15, -0.1) is 0 Å². The molecule has 1 N–H and O–H groups in total. The fourth-order valence-electron chi connectivity index (χ4n) is 4.12. The van der Waals surface area contributed by atoms with Crippen molar-refractivity contribution in [2.45, 2.75) is 50.7 Å². The minimum absolute atomic E-state index is 0.182. The number of amides is 1. The first-order valence-corrected chi connectivity index (χ1v) is 10.1. The Morgan fingerprint density at radius 1 is 1.13 bits per heavy atom. The van der Waals surface area contributed by atoms with Crippen LogP contribution in [0.15, 0.2) is 42.5 Å². The molecular formula is C23H24FNO5. The molecule has 1 saturated carbocycles. The third-order valence-electron chi connectivity index (χ3n) is 5.79. The van der Waals surface area contributed by atoms with Gasteiger partial charge in [0.2, 0.25) is 6.79 Å². The number of carbonyl (C=O) groups is 2. The summed E-state index contributed by atoms with van der Waals surface area (Å²) in [6.07, 6.45) is 1.66. The molecule has 1 heterocycles. The minimum atomic E-state index is -1.03. The van der Waals surface area contributed by atoms with Crippen LogP contribution in [0.3, 0.4) is 0 Å². The van der Waals surface area contributed by atoms with Gasteiger partial charge < -0.3 is 19.5 Å². The first-order chi connectivity index (χ1) is 14.5. The van der Waals surface area contributed by atoms with Gasteiger partial charge in [-0.2, -0.15) is 0 Å². The molecule has 0 aromatic heterocycles. The molecule has 1 unspecified atom stereocenters. The van der Waals surface area contributed by atoms with Crippen LogP contribution in [0.5, 0.6) is 11.5 Å². The Bertz CT molecular complexity index is 954. The van der Waals surface area contributed by atoms with Gasteiger partial charge in [0.15, 0.2) is 17.6 Å². The van der Waals surface area contributed by atoms with Crippen LogP contribution in [0.1, 0.15) is 43.7 Å². The number of carbonyl (C=O) groups excluding carboxylic acids is 2. The van der Waals surface area contributed by atoms with Gasteiger partial charge in [0.25, 0.3) is 5.91 Å². The van der Waals surface area contributed by atoms with Crippen LogP contribution in [0, 0.1) is 5.82 Å². The Hall–Kier alpha value is -3.09. The van der Waals surface area contributed by atoms with E-state index in [0.29, 0.717) is 29.9 Å². The van der Waals surface area contributed by atoms with Gasteiger partial charge >= 0.3 is 5.97 Å². The second-order valence-corrected chi connectivity index (χ2v) is 7.72. The molecule has 1 aliphatic carbocycles. The number of halogens is 1. The molecule has 0 saturated heterocycles. The second kappa shape index (κ2) is 8.34. The maximum absolute atomic E-state index is 14.4. The average Bonchev–Trinajstić information content (AvgIpc) is 3.42. The zero-order chi connectivity index (χ0) is 21.1. The smallest absolute Gasteiger partial charge is 0.317 e. The van der Waals surface area contributed by atoms with E-state index in [1.165, 1.54) is 13.0 Å². The first kappa shape index (κ1) is 20.2. The predicted octanol–water partition coefficient (Wildman–Crippen LogP) is 3.61. The van der Waals surface area contributed by atoms with E-state index in [0.717, 1.165) is 18.4 Å². The number of esters is 1. The summed E-state index contributed by atoms with van der Waals surface area (Å²) in [7, 11) is 0. The SMILES string of the molecule is CC(OC(=O)C1(c2ccccc2F)CCCC1)C(=O)NCc1ccc2c(c1)OCO2. The van der Waals surface area contributed by atoms with E-state index in [-0.39, 0.29) is 13.3 Å². The maximum Gasteiger partial charge on any atom is 0.317 e. The van der Waals surface area contributed by atoms with E-state index in [2.05, 4.69) is 5.32 Å². The molecular weight excluding hydrogens is 389 g/mol. The molecule has 7 heteroatoms. The van der Waals surface area contributed by atoms with Crippen molar-refractivity contribution >= 4 is 11.9 Å². The lowest BCUT2D eigenvalue weighted by molar-refractivity contribution is -0.160. The first-order valence-electron chi connectivity index (χ1n) is 10.1. The van der Waals surface area contributed by atoms with E-state index in [9.17, 15) is 14.0 Å². The van der Waals surface area contributed by atoms with Crippen LogP contribution in [0.4, 0.5) is 4.39 Å². The average molecular weight is 413 g/mol. The van der Waals surface area contributed by atoms with Crippen molar-refractivity contribution in [1.82, 2.24) is 5.32 Å². The molecule has 158 valence electrons. The van der Waals surface area contributed by atoms with Crippen LogP contribution < -0.4 is 14.8 Å². The topological polar surface area (TPSA) is 73.9 Å². The Morgan fingerprint density at radius 2 is 1.87 bits per heavy atom. The highest BCUT2D eigenvalue weighted by atomic mass is 19.1. The molecule has 1 fully saturated rings. The molecule has 2 aromatic rings. The molecule has 0 spiro atoms. The Kier molecular flexibility index (Phi) is 5.61. The molecule has 2 aromatic carbocycles. The number of fused-ring (bicyclic) bond motifs is 1. The zero-order valence-corrected chi connectivity index (χ0v) is 16.8. The fraction of sp³-hybridized carbons (Fsp3) is 0.391. The zero-order valence-electron chi connectivity index (χ0n) is 16.8. The molecule has 1 atom stereocenters. The summed E-state index contributed by atoms with van der Waals surface area (Å²) in [5, 5.41) is 2.76. The monoisotopic (exact) mass is 413 g/mol. The van der Waals surface area contributed by atoms with E-state index in [4.69, 9.17) is 14.2 Å². The normalized spacial score (nSPS) is 17.4. The molecule has 30 heavy (non-hydrogen) atoms.